The van der Waals surface area contributed by atoms with Gasteiger partial charge >= 0.3 is 5.91 Å². The van der Waals surface area contributed by atoms with E-state index in [4.69, 9.17) is 23.2 Å². The van der Waals surface area contributed by atoms with Crippen LogP contribution >= 0.6 is 46.3 Å². The van der Waals surface area contributed by atoms with E-state index in [2.05, 4.69) is 15.2 Å². The average molecular weight is 573 g/mol. The van der Waals surface area contributed by atoms with Crippen LogP contribution in [0, 0.1) is 5.82 Å². The number of hydrogen-bond donors (Lipinski definition) is 1. The van der Waals surface area contributed by atoms with Crippen molar-refractivity contribution in [2.24, 2.45) is 0 Å². The van der Waals surface area contributed by atoms with Crippen molar-refractivity contribution in [1.82, 2.24) is 15.2 Å². The normalized spacial score (nSPS) is 16.9. The monoisotopic (exact) mass is 572 g/mol. The van der Waals surface area contributed by atoms with E-state index in [1.165, 1.54) is 53.3 Å². The molecule has 2 aromatic heterocycles. The van der Waals surface area contributed by atoms with Crippen molar-refractivity contribution >= 4 is 68.9 Å². The van der Waals surface area contributed by atoms with E-state index in [9.17, 15) is 19.1 Å². The fourth-order valence-corrected chi connectivity index (χ4v) is 5.97. The number of pyridine rings is 1. The predicted molar refractivity (Wildman–Crippen MR) is 141 cm³/mol. The van der Waals surface area contributed by atoms with Gasteiger partial charge in [0.1, 0.15) is 11.6 Å². The summed E-state index contributed by atoms with van der Waals surface area (Å²) in [7, 11) is 0. The molecule has 2 aromatic carbocycles. The molecule has 7 nitrogen and oxygen atoms in total. The quantitative estimate of drug-likeness (QED) is 0.0951. The molecule has 5 rings (SSSR count). The molecule has 37 heavy (non-hydrogen) atoms. The lowest BCUT2D eigenvalue weighted by Crippen LogP contribution is -2.29. The number of aliphatic hydroxyl groups is 1. The van der Waals surface area contributed by atoms with E-state index in [1.54, 1.807) is 30.3 Å². The lowest BCUT2D eigenvalue weighted by Gasteiger charge is -2.22. The van der Waals surface area contributed by atoms with Crippen LogP contribution < -0.4 is 4.90 Å². The van der Waals surface area contributed by atoms with Gasteiger partial charge in [-0.15, -0.1) is 10.2 Å². The first-order valence-electron chi connectivity index (χ1n) is 10.7. The summed E-state index contributed by atoms with van der Waals surface area (Å²) < 4.78 is 14.5. The molecule has 3 heterocycles. The van der Waals surface area contributed by atoms with E-state index in [0.717, 1.165) is 11.3 Å². The minimum Gasteiger partial charge on any atom is -0.507 e. The van der Waals surface area contributed by atoms with Crippen LogP contribution in [0.2, 0.25) is 10.0 Å². The second-order valence-electron chi connectivity index (χ2n) is 7.81. The number of amides is 1. The first-order valence-corrected chi connectivity index (χ1v) is 13.3. The van der Waals surface area contributed by atoms with Crippen LogP contribution in [0.15, 0.2) is 76.9 Å². The van der Waals surface area contributed by atoms with Crippen molar-refractivity contribution < 1.29 is 19.1 Å². The number of halogens is 3. The van der Waals surface area contributed by atoms with E-state index in [-0.39, 0.29) is 27.3 Å². The zero-order valence-electron chi connectivity index (χ0n) is 18.6. The summed E-state index contributed by atoms with van der Waals surface area (Å²) in [6, 6.07) is 13.1. The number of rotatable bonds is 6. The molecule has 1 atom stereocenters. The molecule has 186 valence electrons. The first kappa shape index (κ1) is 25.3. The summed E-state index contributed by atoms with van der Waals surface area (Å²) in [5.41, 5.74) is 1.12. The van der Waals surface area contributed by atoms with Gasteiger partial charge in [0.2, 0.25) is 5.13 Å². The highest BCUT2D eigenvalue weighted by atomic mass is 35.5. The molecule has 1 fully saturated rings. The fourth-order valence-electron chi connectivity index (χ4n) is 3.81. The number of carbonyl (C=O) groups excluding carboxylic acids is 2. The van der Waals surface area contributed by atoms with Gasteiger partial charge < -0.3 is 5.11 Å². The number of benzene rings is 2. The van der Waals surface area contributed by atoms with Gasteiger partial charge in [0, 0.05) is 23.7 Å². The van der Waals surface area contributed by atoms with Crippen LogP contribution in [0.25, 0.3) is 5.76 Å². The fraction of sp³-hybridized carbons (Fsp3) is 0.0800. The number of Topliss-reactive ketones (excluding diaryl/α,β-unsaturated/α-hetero) is 1. The van der Waals surface area contributed by atoms with Gasteiger partial charge in [0.25, 0.3) is 5.78 Å². The Morgan fingerprint density at radius 1 is 1.05 bits per heavy atom. The van der Waals surface area contributed by atoms with E-state index < -0.39 is 17.7 Å². The zero-order valence-corrected chi connectivity index (χ0v) is 21.8. The standard InChI is InChI=1S/C25H15Cl2FN4O3S2/c26-16-6-5-14(11-17(16)27)20-19(21(33)13-7-9-29-10-8-13)22(34)23(35)32(20)24-30-31-25(37-24)36-12-15-3-1-2-4-18(15)28/h1-11,20,33H,12H2. The van der Waals surface area contributed by atoms with Gasteiger partial charge in [-0.3, -0.25) is 19.5 Å². The summed E-state index contributed by atoms with van der Waals surface area (Å²) in [6.45, 7) is 0. The Labute approximate surface area is 228 Å². The van der Waals surface area contributed by atoms with Crippen LogP contribution in [0.3, 0.4) is 0 Å². The third-order valence-corrected chi connectivity index (χ3v) is 8.41. The average Bonchev–Trinajstić information content (AvgIpc) is 3.47. The van der Waals surface area contributed by atoms with E-state index in [1.807, 2.05) is 0 Å². The number of ketones is 1. The highest BCUT2D eigenvalue weighted by Gasteiger charge is 2.48. The summed E-state index contributed by atoms with van der Waals surface area (Å²) in [4.78, 5) is 31.6. The Bertz CT molecular complexity index is 1550. The topological polar surface area (TPSA) is 96.3 Å². The Morgan fingerprint density at radius 2 is 1.81 bits per heavy atom. The minimum absolute atomic E-state index is 0.134. The zero-order chi connectivity index (χ0) is 26.1. The van der Waals surface area contributed by atoms with E-state index >= 15 is 0 Å². The van der Waals surface area contributed by atoms with Gasteiger partial charge in [0.05, 0.1) is 21.7 Å². The van der Waals surface area contributed by atoms with Gasteiger partial charge in [0.15, 0.2) is 4.34 Å². The number of nitrogens with zero attached hydrogens (tertiary/aromatic N) is 4. The maximum absolute atomic E-state index is 14.0. The molecule has 0 spiro atoms. The molecule has 1 N–H and O–H groups in total. The van der Waals surface area contributed by atoms with E-state index in [0.29, 0.717) is 31.8 Å². The Balaban J connectivity index is 1.56. The highest BCUT2D eigenvalue weighted by Crippen LogP contribution is 2.45. The Kier molecular flexibility index (Phi) is 7.25. The number of anilines is 1. The molecule has 12 heteroatoms. The minimum atomic E-state index is -1.04. The number of hydrogen-bond acceptors (Lipinski definition) is 8. The molecule has 0 bridgehead atoms. The van der Waals surface area contributed by atoms with Gasteiger partial charge in [-0.2, -0.15) is 0 Å². The van der Waals surface area contributed by atoms with Crippen LogP contribution in [0.4, 0.5) is 9.52 Å². The molecule has 0 radical (unpaired) electrons. The molecule has 1 aliphatic rings. The largest absolute Gasteiger partial charge is 0.507 e. The highest BCUT2D eigenvalue weighted by molar-refractivity contribution is 8.00. The van der Waals surface area contributed by atoms with Crippen molar-refractivity contribution in [1.29, 1.82) is 0 Å². The van der Waals surface area contributed by atoms with Gasteiger partial charge in [-0.05, 0) is 41.5 Å². The molecular weight excluding hydrogens is 558 g/mol. The van der Waals surface area contributed by atoms with Crippen LogP contribution in [0.1, 0.15) is 22.7 Å². The number of aliphatic hydroxyl groups excluding tert-OH is 1. The van der Waals surface area contributed by atoms with Crippen LogP contribution in [-0.2, 0) is 15.3 Å². The third-order valence-electron chi connectivity index (χ3n) is 5.57. The van der Waals surface area contributed by atoms with Crippen molar-refractivity contribution in [3.05, 3.63) is 105 Å². The summed E-state index contributed by atoms with van der Waals surface area (Å²) >= 11 is 14.7. The molecule has 1 amide bonds. The summed E-state index contributed by atoms with van der Waals surface area (Å²) in [6.07, 6.45) is 2.92. The van der Waals surface area contributed by atoms with Gasteiger partial charge in [-0.1, -0.05) is 70.6 Å². The molecule has 1 saturated heterocycles. The summed E-state index contributed by atoms with van der Waals surface area (Å²) in [5, 5.41) is 20.0. The maximum atomic E-state index is 14.0. The second kappa shape index (κ2) is 10.6. The Hall–Kier alpha value is -3.31. The predicted octanol–water partition coefficient (Wildman–Crippen LogP) is 6.30. The van der Waals surface area contributed by atoms with Crippen molar-refractivity contribution in [2.45, 2.75) is 16.1 Å². The molecular formula is C25H15Cl2FN4O3S2. The third kappa shape index (κ3) is 4.97. The lowest BCUT2D eigenvalue weighted by molar-refractivity contribution is -0.132. The first-order chi connectivity index (χ1) is 17.8. The maximum Gasteiger partial charge on any atom is 0.301 e. The number of aromatic nitrogens is 3. The molecule has 0 saturated carbocycles. The van der Waals surface area contributed by atoms with Crippen LogP contribution in [-0.4, -0.2) is 32.0 Å². The lowest BCUT2D eigenvalue weighted by atomic mass is 9.96. The Morgan fingerprint density at radius 3 is 2.54 bits per heavy atom. The van der Waals surface area contributed by atoms with Crippen molar-refractivity contribution in [2.75, 3.05) is 4.90 Å². The molecule has 4 aromatic rings. The molecule has 1 unspecified atom stereocenters. The number of thioether (sulfide) groups is 1. The molecule has 1 aliphatic heterocycles. The number of carbonyl (C=O) groups is 2. The van der Waals surface area contributed by atoms with Crippen molar-refractivity contribution in [3.8, 4) is 0 Å². The van der Waals surface area contributed by atoms with Crippen LogP contribution in [0.5, 0.6) is 0 Å². The van der Waals surface area contributed by atoms with Gasteiger partial charge in [-0.25, -0.2) is 4.39 Å². The molecule has 0 aliphatic carbocycles. The van der Waals surface area contributed by atoms with Crippen molar-refractivity contribution in [3.63, 3.8) is 0 Å². The SMILES string of the molecule is O=C1C(=O)N(c2nnc(SCc3ccccc3F)s2)C(c2ccc(Cl)c(Cl)c2)C1=C(O)c1ccncc1. The smallest absolute Gasteiger partial charge is 0.301 e. The summed E-state index contributed by atoms with van der Waals surface area (Å²) in [5.74, 6) is -2.16. The second-order valence-corrected chi connectivity index (χ2v) is 10.8.